The Labute approximate surface area is 185 Å². The van der Waals surface area contributed by atoms with Crippen LogP contribution in [0.1, 0.15) is 5.56 Å². The van der Waals surface area contributed by atoms with E-state index in [2.05, 4.69) is 15.2 Å². The summed E-state index contributed by atoms with van der Waals surface area (Å²) >= 11 is 0. The van der Waals surface area contributed by atoms with Crippen LogP contribution in [0.3, 0.4) is 0 Å². The summed E-state index contributed by atoms with van der Waals surface area (Å²) in [4.78, 5) is 12.5. The molecular formula is C24H14F3N3O3. The average Bonchev–Trinajstić information content (AvgIpc) is 3.21. The van der Waals surface area contributed by atoms with Crippen LogP contribution in [0.4, 0.5) is 18.9 Å². The third-order valence-electron chi connectivity index (χ3n) is 4.56. The molecule has 1 amide bonds. The SMILES string of the molecule is N#C/C(=C\c1ccc2noc(-c3ccccc3)c2c1)C(=O)Nc1ccc(OC(F)(F)F)cc1. The lowest BCUT2D eigenvalue weighted by Crippen LogP contribution is -2.17. The molecule has 0 fully saturated rings. The van der Waals surface area contributed by atoms with Crippen LogP contribution in [-0.4, -0.2) is 17.4 Å². The number of nitriles is 1. The van der Waals surface area contributed by atoms with Crippen molar-refractivity contribution < 1.29 is 27.2 Å². The minimum Gasteiger partial charge on any atom is -0.406 e. The van der Waals surface area contributed by atoms with Crippen LogP contribution in [0.5, 0.6) is 5.75 Å². The first-order valence-electron chi connectivity index (χ1n) is 9.56. The number of hydrogen-bond acceptors (Lipinski definition) is 5. The molecular weight excluding hydrogens is 435 g/mol. The summed E-state index contributed by atoms with van der Waals surface area (Å²) in [6.45, 7) is 0. The van der Waals surface area contributed by atoms with E-state index in [4.69, 9.17) is 4.52 Å². The Morgan fingerprint density at radius 1 is 1.06 bits per heavy atom. The Hall–Kier alpha value is -4.58. The van der Waals surface area contributed by atoms with Crippen LogP contribution in [0.15, 0.2) is 82.9 Å². The molecule has 0 unspecified atom stereocenters. The summed E-state index contributed by atoms with van der Waals surface area (Å²) in [5.41, 5.74) is 2.04. The number of nitrogens with one attached hydrogen (secondary N) is 1. The first-order valence-corrected chi connectivity index (χ1v) is 9.56. The predicted octanol–water partition coefficient (Wildman–Crippen LogP) is 5.94. The third kappa shape index (κ3) is 5.19. The summed E-state index contributed by atoms with van der Waals surface area (Å²) in [5.74, 6) is -0.576. The monoisotopic (exact) mass is 449 g/mol. The highest BCUT2D eigenvalue weighted by Crippen LogP contribution is 2.30. The molecule has 9 heteroatoms. The lowest BCUT2D eigenvalue weighted by Gasteiger charge is -2.09. The summed E-state index contributed by atoms with van der Waals surface area (Å²) in [6, 6.07) is 21.0. The van der Waals surface area contributed by atoms with Gasteiger partial charge in [-0.25, -0.2) is 0 Å². The number of nitrogens with zero attached hydrogens (tertiary/aromatic N) is 2. The molecule has 0 atom stereocenters. The van der Waals surface area contributed by atoms with Gasteiger partial charge in [-0.05, 0) is 48.0 Å². The van der Waals surface area contributed by atoms with Crippen LogP contribution >= 0.6 is 0 Å². The van der Waals surface area contributed by atoms with Gasteiger partial charge in [-0.2, -0.15) is 5.26 Å². The van der Waals surface area contributed by atoms with Crippen LogP contribution in [0, 0.1) is 11.3 Å². The van der Waals surface area contributed by atoms with Crippen molar-refractivity contribution >= 4 is 28.6 Å². The zero-order chi connectivity index (χ0) is 23.4. The number of ether oxygens (including phenoxy) is 1. The normalized spacial score (nSPS) is 11.8. The summed E-state index contributed by atoms with van der Waals surface area (Å²) in [7, 11) is 0. The van der Waals surface area contributed by atoms with Crippen molar-refractivity contribution in [2.24, 2.45) is 0 Å². The minimum absolute atomic E-state index is 0.192. The fourth-order valence-electron chi connectivity index (χ4n) is 3.10. The van der Waals surface area contributed by atoms with E-state index in [9.17, 15) is 23.2 Å². The van der Waals surface area contributed by atoms with Gasteiger partial charge in [0.1, 0.15) is 22.9 Å². The molecule has 164 valence electrons. The van der Waals surface area contributed by atoms with Crippen molar-refractivity contribution in [3.8, 4) is 23.1 Å². The molecule has 4 aromatic rings. The molecule has 33 heavy (non-hydrogen) atoms. The van der Waals surface area contributed by atoms with Crippen LogP contribution in [0.2, 0.25) is 0 Å². The number of anilines is 1. The number of carbonyl (C=O) groups excluding carboxylic acids is 1. The van der Waals surface area contributed by atoms with Crippen LogP contribution in [0.25, 0.3) is 28.3 Å². The summed E-state index contributed by atoms with van der Waals surface area (Å²) in [5, 5.41) is 16.7. The highest BCUT2D eigenvalue weighted by atomic mass is 19.4. The van der Waals surface area contributed by atoms with Crippen molar-refractivity contribution in [3.05, 3.63) is 83.9 Å². The molecule has 0 aliphatic carbocycles. The second kappa shape index (κ2) is 8.88. The standard InChI is InChI=1S/C24H14F3N3O3/c25-24(26,27)32-19-9-7-18(8-10-19)29-23(31)17(14-28)12-15-6-11-21-20(13-15)22(33-30-21)16-4-2-1-3-5-16/h1-13H,(H,29,31)/b17-12+. The fourth-order valence-corrected chi connectivity index (χ4v) is 3.10. The van der Waals surface area contributed by atoms with Crippen molar-refractivity contribution in [2.75, 3.05) is 5.32 Å². The van der Waals surface area contributed by atoms with E-state index in [0.717, 1.165) is 17.7 Å². The summed E-state index contributed by atoms with van der Waals surface area (Å²) in [6.07, 6.45) is -3.41. The quantitative estimate of drug-likeness (QED) is 0.301. The Kier molecular flexibility index (Phi) is 5.83. The molecule has 0 spiro atoms. The van der Waals surface area contributed by atoms with Gasteiger partial charge in [-0.3, -0.25) is 4.79 Å². The highest BCUT2D eigenvalue weighted by molar-refractivity contribution is 6.10. The lowest BCUT2D eigenvalue weighted by molar-refractivity contribution is -0.274. The molecule has 0 aliphatic heterocycles. The first kappa shape index (κ1) is 21.6. The average molecular weight is 449 g/mol. The summed E-state index contributed by atoms with van der Waals surface area (Å²) < 4.78 is 46.0. The van der Waals surface area contributed by atoms with E-state index in [1.54, 1.807) is 18.2 Å². The number of aromatic nitrogens is 1. The van der Waals surface area contributed by atoms with E-state index in [0.29, 0.717) is 22.2 Å². The molecule has 3 aromatic carbocycles. The maximum absolute atomic E-state index is 12.5. The number of fused-ring (bicyclic) bond motifs is 1. The predicted molar refractivity (Wildman–Crippen MR) is 115 cm³/mol. The number of amides is 1. The largest absolute Gasteiger partial charge is 0.573 e. The molecule has 1 aromatic heterocycles. The first-order chi connectivity index (χ1) is 15.8. The van der Waals surface area contributed by atoms with E-state index in [1.807, 2.05) is 36.4 Å². The third-order valence-corrected chi connectivity index (χ3v) is 4.56. The Balaban J connectivity index is 1.56. The van der Waals surface area contributed by atoms with Gasteiger partial charge < -0.3 is 14.6 Å². The maximum Gasteiger partial charge on any atom is 0.573 e. The van der Waals surface area contributed by atoms with E-state index >= 15 is 0 Å². The van der Waals surface area contributed by atoms with Crippen molar-refractivity contribution in [3.63, 3.8) is 0 Å². The molecule has 0 saturated heterocycles. The van der Waals surface area contributed by atoms with E-state index < -0.39 is 18.0 Å². The molecule has 4 rings (SSSR count). The van der Waals surface area contributed by atoms with E-state index in [1.165, 1.54) is 18.2 Å². The highest BCUT2D eigenvalue weighted by Gasteiger charge is 2.31. The van der Waals surface area contributed by atoms with Gasteiger partial charge in [0.15, 0.2) is 5.76 Å². The van der Waals surface area contributed by atoms with Crippen molar-refractivity contribution in [2.45, 2.75) is 6.36 Å². The van der Waals surface area contributed by atoms with Gasteiger partial charge in [0.05, 0.1) is 5.39 Å². The zero-order valence-electron chi connectivity index (χ0n) is 16.8. The number of benzene rings is 3. The number of carbonyl (C=O) groups is 1. The molecule has 1 heterocycles. The molecule has 0 radical (unpaired) electrons. The fraction of sp³-hybridized carbons (Fsp3) is 0.0417. The van der Waals surface area contributed by atoms with Gasteiger partial charge in [-0.1, -0.05) is 41.6 Å². The number of rotatable bonds is 5. The minimum atomic E-state index is -4.81. The van der Waals surface area contributed by atoms with Crippen molar-refractivity contribution in [1.82, 2.24) is 5.16 Å². The molecule has 0 bridgehead atoms. The second-order valence-electron chi connectivity index (χ2n) is 6.85. The lowest BCUT2D eigenvalue weighted by atomic mass is 10.0. The Morgan fingerprint density at radius 3 is 2.45 bits per heavy atom. The number of hydrogen-bond donors (Lipinski definition) is 1. The van der Waals surface area contributed by atoms with Gasteiger partial charge in [-0.15, -0.1) is 13.2 Å². The van der Waals surface area contributed by atoms with E-state index in [-0.39, 0.29) is 11.3 Å². The number of halogens is 3. The van der Waals surface area contributed by atoms with Gasteiger partial charge in [0, 0.05) is 11.3 Å². The molecule has 0 saturated carbocycles. The van der Waals surface area contributed by atoms with Crippen LogP contribution < -0.4 is 10.1 Å². The molecule has 6 nitrogen and oxygen atoms in total. The molecule has 0 aliphatic rings. The zero-order valence-corrected chi connectivity index (χ0v) is 16.8. The second-order valence-corrected chi connectivity index (χ2v) is 6.85. The Bertz CT molecular complexity index is 1370. The number of alkyl halides is 3. The van der Waals surface area contributed by atoms with Crippen molar-refractivity contribution in [1.29, 1.82) is 5.26 Å². The molecule has 1 N–H and O–H groups in total. The van der Waals surface area contributed by atoms with Gasteiger partial charge >= 0.3 is 6.36 Å². The maximum atomic E-state index is 12.5. The van der Waals surface area contributed by atoms with Gasteiger partial charge in [0.25, 0.3) is 5.91 Å². The van der Waals surface area contributed by atoms with Crippen LogP contribution in [-0.2, 0) is 4.79 Å². The van der Waals surface area contributed by atoms with Gasteiger partial charge in [0.2, 0.25) is 0 Å². The Morgan fingerprint density at radius 2 is 1.79 bits per heavy atom. The topological polar surface area (TPSA) is 88.2 Å². The smallest absolute Gasteiger partial charge is 0.406 e.